The number of rotatable bonds is 3. The summed E-state index contributed by atoms with van der Waals surface area (Å²) in [6.07, 6.45) is 1.93. The molecule has 2 saturated carbocycles. The van der Waals surface area contributed by atoms with E-state index in [1.807, 2.05) is 0 Å². The molecule has 1 heterocycles. The number of anilines is 1. The van der Waals surface area contributed by atoms with Gasteiger partial charge in [-0.2, -0.15) is 0 Å². The van der Waals surface area contributed by atoms with Gasteiger partial charge < -0.3 is 10.4 Å². The van der Waals surface area contributed by atoms with E-state index in [9.17, 15) is 14.3 Å². The molecule has 1 aromatic rings. The molecule has 4 nitrogen and oxygen atoms in total. The van der Waals surface area contributed by atoms with Gasteiger partial charge in [0.1, 0.15) is 5.82 Å². The van der Waals surface area contributed by atoms with Crippen LogP contribution in [0.5, 0.6) is 0 Å². The predicted octanol–water partition coefficient (Wildman–Crippen LogP) is 1.77. The second kappa shape index (κ2) is 5.03. The molecule has 4 rings (SSSR count). The third-order valence-corrected chi connectivity index (χ3v) is 5.75. The van der Waals surface area contributed by atoms with E-state index in [0.29, 0.717) is 29.0 Å². The molecule has 1 saturated heterocycles. The number of aliphatic hydroxyl groups is 1. The van der Waals surface area contributed by atoms with Gasteiger partial charge in [0.15, 0.2) is 0 Å². The summed E-state index contributed by atoms with van der Waals surface area (Å²) in [6, 6.07) is 4.86. The first kappa shape index (κ1) is 14.2. The van der Waals surface area contributed by atoms with Crippen molar-refractivity contribution in [1.29, 1.82) is 0 Å². The van der Waals surface area contributed by atoms with Crippen molar-refractivity contribution in [3.05, 3.63) is 29.6 Å². The zero-order valence-corrected chi connectivity index (χ0v) is 12.6. The number of aliphatic hydroxyl groups excluding tert-OH is 1. The molecule has 2 N–H and O–H groups in total. The molecule has 2 aliphatic carbocycles. The number of carbonyl (C=O) groups is 1. The molecule has 1 amide bonds. The van der Waals surface area contributed by atoms with Crippen molar-refractivity contribution in [2.45, 2.75) is 31.9 Å². The van der Waals surface area contributed by atoms with Gasteiger partial charge >= 0.3 is 0 Å². The Morgan fingerprint density at radius 2 is 2.23 bits per heavy atom. The van der Waals surface area contributed by atoms with Crippen LogP contribution in [-0.4, -0.2) is 41.1 Å². The molecule has 0 radical (unpaired) electrons. The molecule has 22 heavy (non-hydrogen) atoms. The van der Waals surface area contributed by atoms with Crippen molar-refractivity contribution in [2.24, 2.45) is 17.8 Å². The summed E-state index contributed by atoms with van der Waals surface area (Å²) >= 11 is 0. The number of aryl methyl sites for hydroxylation is 1. The summed E-state index contributed by atoms with van der Waals surface area (Å²) in [5.74, 6) is 1.18. The van der Waals surface area contributed by atoms with E-state index in [-0.39, 0.29) is 30.4 Å². The molecule has 1 aromatic carbocycles. The number of amides is 1. The van der Waals surface area contributed by atoms with Crippen LogP contribution < -0.4 is 5.32 Å². The molecule has 118 valence electrons. The van der Waals surface area contributed by atoms with Gasteiger partial charge in [-0.1, -0.05) is 6.07 Å². The van der Waals surface area contributed by atoms with E-state index < -0.39 is 0 Å². The summed E-state index contributed by atoms with van der Waals surface area (Å²) < 4.78 is 13.5. The van der Waals surface area contributed by atoms with Gasteiger partial charge in [0.25, 0.3) is 0 Å². The normalized spacial score (nSPS) is 36.0. The smallest absolute Gasteiger partial charge is 0.238 e. The van der Waals surface area contributed by atoms with Crippen LogP contribution >= 0.6 is 0 Å². The number of benzene rings is 1. The van der Waals surface area contributed by atoms with Crippen LogP contribution in [0.15, 0.2) is 18.2 Å². The lowest BCUT2D eigenvalue weighted by Gasteiger charge is -2.28. The quantitative estimate of drug-likeness (QED) is 0.895. The van der Waals surface area contributed by atoms with E-state index in [2.05, 4.69) is 10.2 Å². The van der Waals surface area contributed by atoms with E-state index in [4.69, 9.17) is 0 Å². The highest BCUT2D eigenvalue weighted by molar-refractivity contribution is 5.92. The van der Waals surface area contributed by atoms with E-state index in [0.717, 1.165) is 19.4 Å². The molecule has 5 atom stereocenters. The molecule has 1 aliphatic heterocycles. The maximum atomic E-state index is 13.5. The van der Waals surface area contributed by atoms with Gasteiger partial charge in [0, 0.05) is 18.3 Å². The van der Waals surface area contributed by atoms with Crippen LogP contribution in [0.25, 0.3) is 0 Å². The van der Waals surface area contributed by atoms with Crippen LogP contribution in [0.2, 0.25) is 0 Å². The zero-order valence-electron chi connectivity index (χ0n) is 12.6. The minimum absolute atomic E-state index is 0.139. The summed E-state index contributed by atoms with van der Waals surface area (Å²) in [5, 5.41) is 13.1. The van der Waals surface area contributed by atoms with Gasteiger partial charge in [-0.3, -0.25) is 9.69 Å². The Morgan fingerprint density at radius 1 is 1.41 bits per heavy atom. The van der Waals surface area contributed by atoms with E-state index in [1.54, 1.807) is 19.1 Å². The Hall–Kier alpha value is -1.46. The fourth-order valence-electron chi connectivity index (χ4n) is 4.78. The second-order valence-electron chi connectivity index (χ2n) is 7.08. The van der Waals surface area contributed by atoms with Crippen LogP contribution in [0.3, 0.4) is 0 Å². The first-order valence-corrected chi connectivity index (χ1v) is 8.01. The minimum Gasteiger partial charge on any atom is -0.391 e. The van der Waals surface area contributed by atoms with Crippen molar-refractivity contribution in [2.75, 3.05) is 18.4 Å². The summed E-state index contributed by atoms with van der Waals surface area (Å²) in [6.45, 7) is 2.87. The lowest BCUT2D eigenvalue weighted by molar-refractivity contribution is -0.118. The molecule has 5 heteroatoms. The fourth-order valence-corrected chi connectivity index (χ4v) is 4.78. The van der Waals surface area contributed by atoms with Crippen LogP contribution in [0, 0.1) is 30.5 Å². The molecule has 3 aliphatic rings. The Bertz CT molecular complexity index is 619. The monoisotopic (exact) mass is 304 g/mol. The lowest BCUT2D eigenvalue weighted by atomic mass is 9.88. The lowest BCUT2D eigenvalue weighted by Crippen LogP contribution is -2.43. The molecule has 3 fully saturated rings. The highest BCUT2D eigenvalue weighted by atomic mass is 19.1. The number of halogens is 1. The predicted molar refractivity (Wildman–Crippen MR) is 80.8 cm³/mol. The number of hydrogen-bond acceptors (Lipinski definition) is 3. The van der Waals surface area contributed by atoms with Gasteiger partial charge in [0.2, 0.25) is 5.91 Å². The van der Waals surface area contributed by atoms with Crippen LogP contribution in [0.1, 0.15) is 18.4 Å². The largest absolute Gasteiger partial charge is 0.391 e. The minimum atomic E-state index is -0.314. The van der Waals surface area contributed by atoms with E-state index in [1.165, 1.54) is 6.07 Å². The Kier molecular flexibility index (Phi) is 3.24. The van der Waals surface area contributed by atoms with Crippen molar-refractivity contribution in [3.63, 3.8) is 0 Å². The highest BCUT2D eigenvalue weighted by Gasteiger charge is 2.58. The molecule has 0 aromatic heterocycles. The number of fused-ring (bicyclic) bond motifs is 1. The van der Waals surface area contributed by atoms with Gasteiger partial charge in [-0.05, 0) is 55.2 Å². The maximum absolute atomic E-state index is 13.5. The molecular formula is C17H21FN2O2. The third kappa shape index (κ3) is 2.15. The Morgan fingerprint density at radius 3 is 2.95 bits per heavy atom. The van der Waals surface area contributed by atoms with Gasteiger partial charge in [-0.25, -0.2) is 4.39 Å². The number of nitrogens with one attached hydrogen (secondary N) is 1. The molecular weight excluding hydrogens is 283 g/mol. The van der Waals surface area contributed by atoms with Gasteiger partial charge in [-0.15, -0.1) is 0 Å². The Labute approximate surface area is 129 Å². The molecule has 5 unspecified atom stereocenters. The summed E-state index contributed by atoms with van der Waals surface area (Å²) in [4.78, 5) is 14.3. The number of carbonyl (C=O) groups excluding carboxylic acids is 1. The fraction of sp³-hybridized carbons (Fsp3) is 0.588. The molecule has 2 bridgehead atoms. The molecule has 0 spiro atoms. The van der Waals surface area contributed by atoms with Crippen molar-refractivity contribution in [1.82, 2.24) is 4.90 Å². The van der Waals surface area contributed by atoms with E-state index >= 15 is 0 Å². The summed E-state index contributed by atoms with van der Waals surface area (Å²) in [5.41, 5.74) is 1.05. The standard InChI is InChI=1S/C17H21FN2O2/c1-9-2-3-12(6-14(9)18)19-15(21)8-20-7-11-4-10-5-13(11)16(20)17(10)22/h2-3,6,10-11,13,16-17,22H,4-5,7-8H2,1H3,(H,19,21). The Balaban J connectivity index is 1.41. The SMILES string of the molecule is Cc1ccc(NC(=O)CN2CC3CC4CC3C2C4O)cc1F. The first-order valence-electron chi connectivity index (χ1n) is 8.01. The maximum Gasteiger partial charge on any atom is 0.238 e. The van der Waals surface area contributed by atoms with Crippen molar-refractivity contribution in [3.8, 4) is 0 Å². The van der Waals surface area contributed by atoms with Crippen LogP contribution in [0.4, 0.5) is 10.1 Å². The zero-order chi connectivity index (χ0) is 15.4. The second-order valence-corrected chi connectivity index (χ2v) is 7.08. The van der Waals surface area contributed by atoms with Gasteiger partial charge in [0.05, 0.1) is 12.6 Å². The topological polar surface area (TPSA) is 52.6 Å². The average Bonchev–Trinajstić information content (AvgIpc) is 3.05. The number of likely N-dealkylation sites (tertiary alicyclic amines) is 1. The van der Waals surface area contributed by atoms with Crippen molar-refractivity contribution < 1.29 is 14.3 Å². The number of hydrogen-bond donors (Lipinski definition) is 2. The number of nitrogens with zero attached hydrogens (tertiary/aromatic N) is 1. The summed E-state index contributed by atoms with van der Waals surface area (Å²) in [7, 11) is 0. The third-order valence-electron chi connectivity index (χ3n) is 5.75. The van der Waals surface area contributed by atoms with Crippen molar-refractivity contribution >= 4 is 11.6 Å². The highest BCUT2D eigenvalue weighted by Crippen LogP contribution is 2.54. The first-order chi connectivity index (χ1) is 10.5. The van der Waals surface area contributed by atoms with Crippen LogP contribution in [-0.2, 0) is 4.79 Å². The average molecular weight is 304 g/mol.